The van der Waals surface area contributed by atoms with E-state index in [9.17, 15) is 4.79 Å². The minimum absolute atomic E-state index is 0.0109. The van der Waals surface area contributed by atoms with Gasteiger partial charge in [-0.25, -0.2) is 0 Å². The number of hydrogen-bond acceptors (Lipinski definition) is 2. The Labute approximate surface area is 120 Å². The predicted molar refractivity (Wildman–Crippen MR) is 78.8 cm³/mol. The topological polar surface area (TPSA) is 38.3 Å². The number of nitrogens with one attached hydrogen (secondary N) is 1. The first-order valence-corrected chi connectivity index (χ1v) is 7.17. The molecule has 1 amide bonds. The van der Waals surface area contributed by atoms with Crippen molar-refractivity contribution in [2.45, 2.75) is 39.5 Å². The van der Waals surface area contributed by atoms with Crippen LogP contribution in [-0.2, 0) is 4.79 Å². The third kappa shape index (κ3) is 6.48. The Morgan fingerprint density at radius 1 is 1.32 bits per heavy atom. The summed E-state index contributed by atoms with van der Waals surface area (Å²) in [6.07, 6.45) is 4.58. The first-order valence-electron chi connectivity index (χ1n) is 6.79. The number of ether oxygens (including phenoxy) is 1. The molecule has 0 radical (unpaired) electrons. The highest BCUT2D eigenvalue weighted by Gasteiger charge is 2.05. The summed E-state index contributed by atoms with van der Waals surface area (Å²) >= 11 is 5.98. The van der Waals surface area contributed by atoms with Gasteiger partial charge in [-0.15, -0.1) is 0 Å². The lowest BCUT2D eigenvalue weighted by atomic mass is 10.2. The van der Waals surface area contributed by atoms with Crippen LogP contribution in [0.3, 0.4) is 0 Å². The minimum atomic E-state index is -0.103. The molecule has 1 aromatic rings. The molecule has 0 spiro atoms. The van der Waals surface area contributed by atoms with Gasteiger partial charge in [0.25, 0.3) is 5.91 Å². The van der Waals surface area contributed by atoms with Crippen LogP contribution in [0.4, 0.5) is 0 Å². The smallest absolute Gasteiger partial charge is 0.257 e. The second kappa shape index (κ2) is 8.81. The number of unbranched alkanes of at least 4 members (excludes halogenated alkanes) is 3. The third-order valence-corrected chi connectivity index (χ3v) is 3.11. The number of aryl methyl sites for hydroxylation is 1. The van der Waals surface area contributed by atoms with E-state index < -0.39 is 0 Å². The number of carbonyl (C=O) groups is 1. The molecule has 19 heavy (non-hydrogen) atoms. The van der Waals surface area contributed by atoms with Gasteiger partial charge in [-0.2, -0.15) is 0 Å². The summed E-state index contributed by atoms with van der Waals surface area (Å²) in [5.41, 5.74) is 1.05. The van der Waals surface area contributed by atoms with E-state index in [1.807, 2.05) is 19.1 Å². The average molecular weight is 284 g/mol. The molecule has 1 N–H and O–H groups in total. The molecule has 1 rings (SSSR count). The van der Waals surface area contributed by atoms with Crippen molar-refractivity contribution in [3.8, 4) is 5.75 Å². The van der Waals surface area contributed by atoms with Gasteiger partial charge < -0.3 is 10.1 Å². The molecule has 1 aromatic carbocycles. The number of hydrogen-bond donors (Lipinski definition) is 1. The molecule has 0 aromatic heterocycles. The molecular weight excluding hydrogens is 262 g/mol. The SMILES string of the molecule is CCCCCCNC(=O)COc1cc(C)ccc1Cl. The van der Waals surface area contributed by atoms with Crippen LogP contribution in [0.25, 0.3) is 0 Å². The highest BCUT2D eigenvalue weighted by atomic mass is 35.5. The van der Waals surface area contributed by atoms with Gasteiger partial charge in [0.1, 0.15) is 5.75 Å². The van der Waals surface area contributed by atoms with Gasteiger partial charge in [-0.05, 0) is 31.0 Å². The van der Waals surface area contributed by atoms with Crippen LogP contribution < -0.4 is 10.1 Å². The quantitative estimate of drug-likeness (QED) is 0.739. The maximum absolute atomic E-state index is 11.6. The van der Waals surface area contributed by atoms with Gasteiger partial charge in [-0.1, -0.05) is 43.9 Å². The summed E-state index contributed by atoms with van der Waals surface area (Å²) in [5.74, 6) is 0.455. The second-order valence-electron chi connectivity index (χ2n) is 4.63. The Kier molecular flexibility index (Phi) is 7.34. The summed E-state index contributed by atoms with van der Waals surface area (Å²) < 4.78 is 5.41. The predicted octanol–water partition coefficient (Wildman–Crippen LogP) is 3.72. The molecule has 0 aliphatic heterocycles. The second-order valence-corrected chi connectivity index (χ2v) is 5.04. The van der Waals surface area contributed by atoms with E-state index in [1.165, 1.54) is 12.8 Å². The fourth-order valence-electron chi connectivity index (χ4n) is 1.70. The van der Waals surface area contributed by atoms with Crippen LogP contribution in [0.5, 0.6) is 5.75 Å². The first kappa shape index (κ1) is 15.8. The van der Waals surface area contributed by atoms with Crippen LogP contribution in [0.1, 0.15) is 38.2 Å². The maximum atomic E-state index is 11.6. The normalized spacial score (nSPS) is 10.3. The van der Waals surface area contributed by atoms with Gasteiger partial charge in [0.05, 0.1) is 5.02 Å². The summed E-state index contributed by atoms with van der Waals surface area (Å²) in [4.78, 5) is 11.6. The number of rotatable bonds is 8. The van der Waals surface area contributed by atoms with Crippen LogP contribution in [0, 0.1) is 6.92 Å². The molecule has 106 valence electrons. The first-order chi connectivity index (χ1) is 9.13. The Morgan fingerprint density at radius 2 is 2.11 bits per heavy atom. The Balaban J connectivity index is 2.24. The monoisotopic (exact) mass is 283 g/mol. The van der Waals surface area contributed by atoms with E-state index in [1.54, 1.807) is 6.07 Å². The zero-order chi connectivity index (χ0) is 14.1. The number of halogens is 1. The fourth-order valence-corrected chi connectivity index (χ4v) is 1.87. The Morgan fingerprint density at radius 3 is 2.84 bits per heavy atom. The summed E-state index contributed by atoms with van der Waals surface area (Å²) in [6.45, 7) is 4.84. The van der Waals surface area contributed by atoms with Gasteiger partial charge >= 0.3 is 0 Å². The minimum Gasteiger partial charge on any atom is -0.482 e. The van der Waals surface area contributed by atoms with Crippen LogP contribution in [-0.4, -0.2) is 19.1 Å². The summed E-state index contributed by atoms with van der Waals surface area (Å²) in [7, 11) is 0. The maximum Gasteiger partial charge on any atom is 0.257 e. The van der Waals surface area contributed by atoms with Crippen LogP contribution in [0.2, 0.25) is 5.02 Å². The lowest BCUT2D eigenvalue weighted by molar-refractivity contribution is -0.123. The van der Waals surface area contributed by atoms with Gasteiger partial charge in [0.15, 0.2) is 6.61 Å². The lowest BCUT2D eigenvalue weighted by Gasteiger charge is -2.09. The average Bonchev–Trinajstić information content (AvgIpc) is 2.39. The molecule has 3 nitrogen and oxygen atoms in total. The fraction of sp³-hybridized carbons (Fsp3) is 0.533. The van der Waals surface area contributed by atoms with E-state index in [-0.39, 0.29) is 12.5 Å². The van der Waals surface area contributed by atoms with Crippen molar-refractivity contribution in [3.63, 3.8) is 0 Å². The number of benzene rings is 1. The van der Waals surface area contributed by atoms with Crippen molar-refractivity contribution in [3.05, 3.63) is 28.8 Å². The molecule has 0 heterocycles. The third-order valence-electron chi connectivity index (χ3n) is 2.80. The van der Waals surface area contributed by atoms with Crippen molar-refractivity contribution >= 4 is 17.5 Å². The standard InChI is InChI=1S/C15H22ClNO2/c1-3-4-5-6-9-17-15(18)11-19-14-10-12(2)7-8-13(14)16/h7-8,10H,3-6,9,11H2,1-2H3,(H,17,18). The van der Waals surface area contributed by atoms with Crippen molar-refractivity contribution in [2.75, 3.05) is 13.2 Å². The van der Waals surface area contributed by atoms with Crippen LogP contribution >= 0.6 is 11.6 Å². The zero-order valence-corrected chi connectivity index (χ0v) is 12.4. The lowest BCUT2D eigenvalue weighted by Crippen LogP contribution is -2.29. The van der Waals surface area contributed by atoms with E-state index >= 15 is 0 Å². The molecule has 0 fully saturated rings. The van der Waals surface area contributed by atoms with Crippen LogP contribution in [0.15, 0.2) is 18.2 Å². The molecule has 0 saturated heterocycles. The zero-order valence-electron chi connectivity index (χ0n) is 11.7. The molecule has 0 saturated carbocycles. The van der Waals surface area contributed by atoms with Crippen molar-refractivity contribution in [2.24, 2.45) is 0 Å². The Bertz CT molecular complexity index is 407. The number of carbonyl (C=O) groups excluding carboxylic acids is 1. The number of amides is 1. The van der Waals surface area contributed by atoms with E-state index in [4.69, 9.17) is 16.3 Å². The molecule has 0 unspecified atom stereocenters. The van der Waals surface area contributed by atoms with Crippen molar-refractivity contribution < 1.29 is 9.53 Å². The molecule has 0 bridgehead atoms. The Hall–Kier alpha value is -1.22. The summed E-state index contributed by atoms with van der Waals surface area (Å²) in [5, 5.41) is 3.37. The largest absolute Gasteiger partial charge is 0.482 e. The highest BCUT2D eigenvalue weighted by Crippen LogP contribution is 2.24. The van der Waals surface area contributed by atoms with Crippen molar-refractivity contribution in [1.82, 2.24) is 5.32 Å². The molecule has 0 atom stereocenters. The molecule has 0 aliphatic rings. The molecule has 4 heteroatoms. The summed E-state index contributed by atoms with van der Waals surface area (Å²) in [6, 6.07) is 5.51. The van der Waals surface area contributed by atoms with E-state index in [0.717, 1.165) is 18.4 Å². The van der Waals surface area contributed by atoms with E-state index in [2.05, 4.69) is 12.2 Å². The van der Waals surface area contributed by atoms with Gasteiger partial charge in [-0.3, -0.25) is 4.79 Å². The van der Waals surface area contributed by atoms with Crippen molar-refractivity contribution in [1.29, 1.82) is 0 Å². The van der Waals surface area contributed by atoms with Gasteiger partial charge in [0, 0.05) is 6.54 Å². The molecule has 0 aliphatic carbocycles. The molecular formula is C15H22ClNO2. The highest BCUT2D eigenvalue weighted by molar-refractivity contribution is 6.32. The van der Waals surface area contributed by atoms with Gasteiger partial charge in [0.2, 0.25) is 0 Å². The van der Waals surface area contributed by atoms with E-state index in [0.29, 0.717) is 17.3 Å².